The van der Waals surface area contributed by atoms with Crippen LogP contribution in [-0.4, -0.2) is 11.8 Å². The van der Waals surface area contributed by atoms with Crippen LogP contribution in [0, 0.1) is 18.6 Å². The molecule has 7 heteroatoms. The average molecular weight is 398 g/mol. The van der Waals surface area contributed by atoms with E-state index >= 15 is 0 Å². The SMILES string of the molecule is Cc1c(C(=O)Nc2ccc(F)cc2)sc2c1[C@H](c1ccccc1F)CC(=O)N2. The number of hydrogen-bond donors (Lipinski definition) is 2. The van der Waals surface area contributed by atoms with Crippen LogP contribution in [0.15, 0.2) is 48.5 Å². The van der Waals surface area contributed by atoms with Gasteiger partial charge in [0.2, 0.25) is 5.91 Å². The van der Waals surface area contributed by atoms with Gasteiger partial charge in [-0.3, -0.25) is 9.59 Å². The van der Waals surface area contributed by atoms with Gasteiger partial charge in [-0.2, -0.15) is 0 Å². The maximum absolute atomic E-state index is 14.4. The van der Waals surface area contributed by atoms with Gasteiger partial charge in [-0.05, 0) is 53.9 Å². The first-order valence-electron chi connectivity index (χ1n) is 8.68. The highest BCUT2D eigenvalue weighted by Gasteiger charge is 2.34. The number of rotatable bonds is 3. The molecule has 28 heavy (non-hydrogen) atoms. The Bertz CT molecular complexity index is 1080. The van der Waals surface area contributed by atoms with Crippen LogP contribution in [0.1, 0.15) is 38.7 Å². The molecule has 2 amide bonds. The number of halogens is 2. The van der Waals surface area contributed by atoms with Gasteiger partial charge >= 0.3 is 0 Å². The fraction of sp³-hybridized carbons (Fsp3) is 0.143. The predicted molar refractivity (Wildman–Crippen MR) is 105 cm³/mol. The fourth-order valence-electron chi connectivity index (χ4n) is 3.46. The van der Waals surface area contributed by atoms with Crippen LogP contribution in [-0.2, 0) is 4.79 Å². The Labute approximate surface area is 164 Å². The van der Waals surface area contributed by atoms with Crippen LogP contribution in [0.3, 0.4) is 0 Å². The summed E-state index contributed by atoms with van der Waals surface area (Å²) in [4.78, 5) is 25.3. The summed E-state index contributed by atoms with van der Waals surface area (Å²) in [7, 11) is 0. The molecule has 0 bridgehead atoms. The second-order valence-corrected chi connectivity index (χ2v) is 7.61. The Balaban J connectivity index is 1.72. The van der Waals surface area contributed by atoms with Gasteiger partial charge < -0.3 is 10.6 Å². The van der Waals surface area contributed by atoms with Crippen LogP contribution in [0.25, 0.3) is 0 Å². The van der Waals surface area contributed by atoms with E-state index in [1.54, 1.807) is 25.1 Å². The lowest BCUT2D eigenvalue weighted by molar-refractivity contribution is -0.116. The van der Waals surface area contributed by atoms with Crippen LogP contribution in [0.4, 0.5) is 19.5 Å². The zero-order valence-corrected chi connectivity index (χ0v) is 15.7. The molecule has 1 atom stereocenters. The van der Waals surface area contributed by atoms with Crippen molar-refractivity contribution in [3.8, 4) is 0 Å². The van der Waals surface area contributed by atoms with Crippen molar-refractivity contribution in [2.24, 2.45) is 0 Å². The Morgan fingerprint density at radius 3 is 2.57 bits per heavy atom. The number of nitrogens with one attached hydrogen (secondary N) is 2. The molecule has 2 aromatic carbocycles. The minimum absolute atomic E-state index is 0.116. The number of carbonyl (C=O) groups excluding carboxylic acids is 2. The number of carbonyl (C=O) groups is 2. The molecule has 2 heterocycles. The first kappa shape index (κ1) is 18.3. The summed E-state index contributed by atoms with van der Waals surface area (Å²) in [5.74, 6) is -1.79. The molecule has 0 aliphatic carbocycles. The van der Waals surface area contributed by atoms with Gasteiger partial charge in [-0.15, -0.1) is 11.3 Å². The first-order valence-corrected chi connectivity index (χ1v) is 9.50. The minimum Gasteiger partial charge on any atom is -0.321 e. The van der Waals surface area contributed by atoms with Crippen LogP contribution >= 0.6 is 11.3 Å². The Hall–Kier alpha value is -3.06. The molecule has 0 saturated carbocycles. The van der Waals surface area contributed by atoms with E-state index in [1.807, 2.05) is 0 Å². The summed E-state index contributed by atoms with van der Waals surface area (Å²) in [6, 6.07) is 11.8. The number of hydrogen-bond acceptors (Lipinski definition) is 3. The molecule has 3 aromatic rings. The van der Waals surface area contributed by atoms with Gasteiger partial charge in [0.25, 0.3) is 5.91 Å². The molecule has 142 valence electrons. The maximum Gasteiger partial charge on any atom is 0.266 e. The van der Waals surface area contributed by atoms with Crippen molar-refractivity contribution in [3.63, 3.8) is 0 Å². The van der Waals surface area contributed by atoms with E-state index in [0.29, 0.717) is 26.7 Å². The van der Waals surface area contributed by atoms with E-state index in [1.165, 1.54) is 30.3 Å². The lowest BCUT2D eigenvalue weighted by atomic mass is 9.84. The number of anilines is 2. The molecular weight excluding hydrogens is 382 g/mol. The second-order valence-electron chi connectivity index (χ2n) is 6.59. The Morgan fingerprint density at radius 2 is 1.86 bits per heavy atom. The summed E-state index contributed by atoms with van der Waals surface area (Å²) < 4.78 is 27.4. The van der Waals surface area contributed by atoms with Crippen LogP contribution in [0.5, 0.6) is 0 Å². The van der Waals surface area contributed by atoms with Crippen molar-refractivity contribution in [2.75, 3.05) is 10.6 Å². The van der Waals surface area contributed by atoms with E-state index in [-0.39, 0.29) is 24.1 Å². The predicted octanol–water partition coefficient (Wildman–Crippen LogP) is 5.06. The first-order chi connectivity index (χ1) is 13.4. The third-order valence-corrected chi connectivity index (χ3v) is 6.00. The van der Waals surface area contributed by atoms with E-state index in [2.05, 4.69) is 10.6 Å². The summed E-state index contributed by atoms with van der Waals surface area (Å²) in [5.41, 5.74) is 2.36. The lowest BCUT2D eigenvalue weighted by Gasteiger charge is -2.24. The molecular formula is C21H16F2N2O2S. The third kappa shape index (κ3) is 3.29. The molecule has 1 aliphatic rings. The number of fused-ring (bicyclic) bond motifs is 1. The van der Waals surface area contributed by atoms with Gasteiger partial charge in [-0.1, -0.05) is 18.2 Å². The van der Waals surface area contributed by atoms with E-state index < -0.39 is 11.7 Å². The van der Waals surface area contributed by atoms with Gasteiger partial charge in [-0.25, -0.2) is 8.78 Å². The van der Waals surface area contributed by atoms with Crippen molar-refractivity contribution < 1.29 is 18.4 Å². The summed E-state index contributed by atoms with van der Waals surface area (Å²) >= 11 is 1.16. The standard InChI is InChI=1S/C21H16F2N2O2S/c1-11-18-15(14-4-2-3-5-16(14)23)10-17(26)25-21(18)28-19(11)20(27)24-13-8-6-12(22)7-9-13/h2-9,15H,10H2,1H3,(H,24,27)(H,25,26)/t15-/m0/s1. The van der Waals surface area contributed by atoms with Crippen molar-refractivity contribution in [2.45, 2.75) is 19.3 Å². The summed E-state index contributed by atoms with van der Waals surface area (Å²) in [6.07, 6.45) is 0.116. The van der Waals surface area contributed by atoms with Crippen molar-refractivity contribution in [3.05, 3.63) is 81.7 Å². The Morgan fingerprint density at radius 1 is 1.14 bits per heavy atom. The molecule has 0 saturated heterocycles. The lowest BCUT2D eigenvalue weighted by Crippen LogP contribution is -2.23. The third-order valence-electron chi connectivity index (χ3n) is 4.77. The molecule has 2 N–H and O–H groups in total. The molecule has 4 nitrogen and oxygen atoms in total. The highest BCUT2D eigenvalue weighted by atomic mass is 32.1. The molecule has 0 radical (unpaired) electrons. The molecule has 1 aliphatic heterocycles. The van der Waals surface area contributed by atoms with E-state index in [9.17, 15) is 18.4 Å². The number of benzene rings is 2. The number of thiophene rings is 1. The topological polar surface area (TPSA) is 58.2 Å². The van der Waals surface area contributed by atoms with Crippen molar-refractivity contribution in [1.29, 1.82) is 0 Å². The second kappa shape index (κ2) is 7.16. The highest BCUT2D eigenvalue weighted by molar-refractivity contribution is 7.18. The molecule has 1 aromatic heterocycles. The Kier molecular flexibility index (Phi) is 4.68. The average Bonchev–Trinajstić information content (AvgIpc) is 3.00. The minimum atomic E-state index is -0.450. The monoisotopic (exact) mass is 398 g/mol. The quantitative estimate of drug-likeness (QED) is 0.648. The van der Waals surface area contributed by atoms with E-state index in [0.717, 1.165) is 16.9 Å². The van der Waals surface area contributed by atoms with Gasteiger partial charge in [0.15, 0.2) is 0 Å². The van der Waals surface area contributed by atoms with Crippen LogP contribution in [0.2, 0.25) is 0 Å². The molecule has 0 unspecified atom stereocenters. The number of amides is 2. The molecule has 4 rings (SSSR count). The van der Waals surface area contributed by atoms with Gasteiger partial charge in [0.05, 0.1) is 9.88 Å². The van der Waals surface area contributed by atoms with Crippen molar-refractivity contribution >= 4 is 33.8 Å². The zero-order chi connectivity index (χ0) is 19.8. The molecule has 0 fully saturated rings. The molecule has 0 spiro atoms. The summed E-state index contributed by atoms with van der Waals surface area (Å²) in [6.45, 7) is 1.79. The fourth-order valence-corrected chi connectivity index (χ4v) is 4.65. The zero-order valence-electron chi connectivity index (χ0n) is 14.9. The van der Waals surface area contributed by atoms with Gasteiger partial charge in [0, 0.05) is 18.0 Å². The largest absolute Gasteiger partial charge is 0.321 e. The van der Waals surface area contributed by atoms with Crippen LogP contribution < -0.4 is 10.6 Å². The van der Waals surface area contributed by atoms with E-state index in [4.69, 9.17) is 0 Å². The van der Waals surface area contributed by atoms with Gasteiger partial charge in [0.1, 0.15) is 11.6 Å². The van der Waals surface area contributed by atoms with Crippen molar-refractivity contribution in [1.82, 2.24) is 0 Å². The maximum atomic E-state index is 14.4. The normalized spacial score (nSPS) is 15.7. The highest BCUT2D eigenvalue weighted by Crippen LogP contribution is 2.45. The smallest absolute Gasteiger partial charge is 0.266 e. The summed E-state index contributed by atoms with van der Waals surface area (Å²) in [5, 5.41) is 6.09.